The van der Waals surface area contributed by atoms with Crippen LogP contribution in [0.15, 0.2) is 35.7 Å². The summed E-state index contributed by atoms with van der Waals surface area (Å²) in [5.41, 5.74) is 1.09. The third-order valence-electron chi connectivity index (χ3n) is 2.79. The molecule has 3 N–H and O–H groups in total. The number of thiophene rings is 1. The summed E-state index contributed by atoms with van der Waals surface area (Å²) >= 11 is 12.5. The number of halogens is 1. The molecule has 0 bridgehead atoms. The molecule has 0 unspecified atom stereocenters. The number of benzene rings is 1. The molecule has 0 saturated heterocycles. The summed E-state index contributed by atoms with van der Waals surface area (Å²) in [5, 5.41) is 10.5. The first-order valence-electron chi connectivity index (χ1n) is 6.75. The number of nitrogens with one attached hydrogen (secondary N) is 3. The van der Waals surface area contributed by atoms with Crippen LogP contribution in [-0.2, 0) is 4.79 Å². The molecule has 5 nitrogen and oxygen atoms in total. The summed E-state index contributed by atoms with van der Waals surface area (Å²) in [6, 6.07) is 8.47. The van der Waals surface area contributed by atoms with Gasteiger partial charge in [0.05, 0.1) is 15.6 Å². The van der Waals surface area contributed by atoms with E-state index in [0.29, 0.717) is 27.7 Å². The summed E-state index contributed by atoms with van der Waals surface area (Å²) < 4.78 is 0. The summed E-state index contributed by atoms with van der Waals surface area (Å²) in [4.78, 5) is 23.9. The monoisotopic (exact) mass is 367 g/mol. The highest BCUT2D eigenvalue weighted by atomic mass is 35.5. The Bertz CT molecular complexity index is 732. The maximum absolute atomic E-state index is 11.9. The summed E-state index contributed by atoms with van der Waals surface area (Å²) in [6.45, 7) is 1.76. The van der Waals surface area contributed by atoms with Crippen molar-refractivity contribution in [2.75, 3.05) is 10.6 Å². The molecule has 2 rings (SSSR count). The molecule has 1 aromatic carbocycles. The zero-order valence-corrected chi connectivity index (χ0v) is 14.6. The number of hydrogen-bond acceptors (Lipinski definition) is 4. The van der Waals surface area contributed by atoms with Crippen LogP contribution in [0.3, 0.4) is 0 Å². The largest absolute Gasteiger partial charge is 0.331 e. The van der Waals surface area contributed by atoms with Crippen LogP contribution in [0.1, 0.15) is 23.0 Å². The van der Waals surface area contributed by atoms with Gasteiger partial charge in [-0.25, -0.2) is 0 Å². The number of anilines is 2. The lowest BCUT2D eigenvalue weighted by molar-refractivity contribution is -0.115. The molecule has 0 saturated carbocycles. The highest BCUT2D eigenvalue weighted by Gasteiger charge is 2.10. The molecule has 0 aliphatic carbocycles. The lowest BCUT2D eigenvalue weighted by Gasteiger charge is -2.12. The van der Waals surface area contributed by atoms with Crippen LogP contribution in [0.4, 0.5) is 11.4 Å². The molecule has 2 aromatic rings. The van der Waals surface area contributed by atoms with Gasteiger partial charge in [-0.1, -0.05) is 24.6 Å². The van der Waals surface area contributed by atoms with Crippen molar-refractivity contribution < 1.29 is 9.59 Å². The van der Waals surface area contributed by atoms with Crippen molar-refractivity contribution in [3.63, 3.8) is 0 Å². The van der Waals surface area contributed by atoms with Crippen molar-refractivity contribution in [3.05, 3.63) is 45.6 Å². The first-order valence-corrected chi connectivity index (χ1v) is 8.41. The minimum atomic E-state index is -0.288. The molecule has 2 amide bonds. The predicted octanol–water partition coefficient (Wildman–Crippen LogP) is 3.88. The van der Waals surface area contributed by atoms with Crippen LogP contribution in [0, 0.1) is 0 Å². The second-order valence-electron chi connectivity index (χ2n) is 4.48. The molecule has 1 aromatic heterocycles. The van der Waals surface area contributed by atoms with Gasteiger partial charge in [0.2, 0.25) is 5.91 Å². The molecule has 0 atom stereocenters. The van der Waals surface area contributed by atoms with Crippen LogP contribution in [0.2, 0.25) is 5.02 Å². The average molecular weight is 368 g/mol. The Kier molecular flexibility index (Phi) is 6.09. The lowest BCUT2D eigenvalue weighted by atomic mass is 10.2. The van der Waals surface area contributed by atoms with Gasteiger partial charge in [-0.05, 0) is 41.9 Å². The first-order chi connectivity index (χ1) is 11.0. The summed E-state index contributed by atoms with van der Waals surface area (Å²) in [7, 11) is 0. The molecule has 0 fully saturated rings. The van der Waals surface area contributed by atoms with Gasteiger partial charge in [0, 0.05) is 12.1 Å². The van der Waals surface area contributed by atoms with Gasteiger partial charge in [0.25, 0.3) is 5.91 Å². The maximum atomic E-state index is 11.9. The van der Waals surface area contributed by atoms with E-state index in [9.17, 15) is 9.59 Å². The van der Waals surface area contributed by atoms with E-state index in [4.69, 9.17) is 23.8 Å². The summed E-state index contributed by atoms with van der Waals surface area (Å²) in [6.07, 6.45) is 0.376. The van der Waals surface area contributed by atoms with Crippen LogP contribution in [0.5, 0.6) is 0 Å². The minimum Gasteiger partial charge on any atom is -0.331 e. The standard InChI is InChI=1S/C15H14ClN3O2S2/c1-2-13(20)17-9-5-6-10(16)11(8-9)18-15(22)19-14(21)12-4-3-7-23-12/h3-8H,2H2,1H3,(H,17,20)(H2,18,19,21,22). The Balaban J connectivity index is 2.03. The molecule has 23 heavy (non-hydrogen) atoms. The van der Waals surface area contributed by atoms with Crippen LogP contribution < -0.4 is 16.0 Å². The number of amides is 2. The fraction of sp³-hybridized carbons (Fsp3) is 0.133. The molecule has 0 aliphatic rings. The Hall–Kier alpha value is -1.96. The van der Waals surface area contributed by atoms with E-state index in [1.807, 2.05) is 5.38 Å². The molecule has 8 heteroatoms. The van der Waals surface area contributed by atoms with Crippen molar-refractivity contribution in [2.45, 2.75) is 13.3 Å². The Labute approximate surface area is 148 Å². The van der Waals surface area contributed by atoms with Crippen molar-refractivity contribution in [3.8, 4) is 0 Å². The average Bonchev–Trinajstić information content (AvgIpc) is 3.05. The van der Waals surface area contributed by atoms with Gasteiger partial charge in [-0.2, -0.15) is 0 Å². The second-order valence-corrected chi connectivity index (χ2v) is 6.25. The van der Waals surface area contributed by atoms with E-state index in [2.05, 4.69) is 16.0 Å². The van der Waals surface area contributed by atoms with E-state index in [1.54, 1.807) is 37.3 Å². The highest BCUT2D eigenvalue weighted by molar-refractivity contribution is 7.80. The van der Waals surface area contributed by atoms with Crippen LogP contribution in [-0.4, -0.2) is 16.9 Å². The number of hydrogen-bond donors (Lipinski definition) is 3. The zero-order chi connectivity index (χ0) is 16.8. The SMILES string of the molecule is CCC(=O)Nc1ccc(Cl)c(NC(=S)NC(=O)c2cccs2)c1. The second kappa shape index (κ2) is 8.05. The fourth-order valence-electron chi connectivity index (χ4n) is 1.67. The Morgan fingerprint density at radius 3 is 2.70 bits per heavy atom. The summed E-state index contributed by atoms with van der Waals surface area (Å²) in [5.74, 6) is -0.393. The predicted molar refractivity (Wildman–Crippen MR) is 98.4 cm³/mol. The number of thiocarbonyl (C=S) groups is 1. The third-order valence-corrected chi connectivity index (χ3v) is 4.19. The molecule has 0 radical (unpaired) electrons. The minimum absolute atomic E-state index is 0.105. The highest BCUT2D eigenvalue weighted by Crippen LogP contribution is 2.25. The van der Waals surface area contributed by atoms with E-state index in [1.165, 1.54) is 11.3 Å². The van der Waals surface area contributed by atoms with E-state index in [0.717, 1.165) is 0 Å². The molecule has 1 heterocycles. The van der Waals surface area contributed by atoms with Gasteiger partial charge in [0.15, 0.2) is 5.11 Å². The normalized spacial score (nSPS) is 10.0. The van der Waals surface area contributed by atoms with Crippen molar-refractivity contribution >= 4 is 63.5 Å². The molecular weight excluding hydrogens is 354 g/mol. The molecule has 0 spiro atoms. The van der Waals surface area contributed by atoms with Gasteiger partial charge in [-0.3, -0.25) is 14.9 Å². The van der Waals surface area contributed by atoms with Crippen molar-refractivity contribution in [1.29, 1.82) is 0 Å². The Morgan fingerprint density at radius 2 is 2.04 bits per heavy atom. The van der Waals surface area contributed by atoms with Gasteiger partial charge < -0.3 is 10.6 Å². The van der Waals surface area contributed by atoms with Crippen LogP contribution >= 0.6 is 35.2 Å². The lowest BCUT2D eigenvalue weighted by Crippen LogP contribution is -2.33. The number of rotatable bonds is 4. The quantitative estimate of drug-likeness (QED) is 0.717. The van der Waals surface area contributed by atoms with Crippen LogP contribution in [0.25, 0.3) is 0 Å². The Morgan fingerprint density at radius 1 is 1.26 bits per heavy atom. The first kappa shape index (κ1) is 17.4. The van der Waals surface area contributed by atoms with E-state index >= 15 is 0 Å². The van der Waals surface area contributed by atoms with E-state index < -0.39 is 0 Å². The molecule has 0 aliphatic heterocycles. The smallest absolute Gasteiger partial charge is 0.267 e. The topological polar surface area (TPSA) is 70.2 Å². The zero-order valence-electron chi connectivity index (χ0n) is 12.2. The molecule has 120 valence electrons. The van der Waals surface area contributed by atoms with Gasteiger partial charge in [0.1, 0.15) is 0 Å². The van der Waals surface area contributed by atoms with E-state index in [-0.39, 0.29) is 16.9 Å². The molecular formula is C15H14ClN3O2S2. The van der Waals surface area contributed by atoms with Gasteiger partial charge in [-0.15, -0.1) is 11.3 Å². The number of carbonyl (C=O) groups excluding carboxylic acids is 2. The van der Waals surface area contributed by atoms with Crippen molar-refractivity contribution in [1.82, 2.24) is 5.32 Å². The number of carbonyl (C=O) groups is 2. The third kappa shape index (κ3) is 5.02. The van der Waals surface area contributed by atoms with Crippen molar-refractivity contribution in [2.24, 2.45) is 0 Å². The maximum Gasteiger partial charge on any atom is 0.267 e. The fourth-order valence-corrected chi connectivity index (χ4v) is 2.66. The van der Waals surface area contributed by atoms with Gasteiger partial charge >= 0.3 is 0 Å².